The Labute approximate surface area is 271 Å². The minimum atomic E-state index is -1.78. The van der Waals surface area contributed by atoms with Crippen LogP contribution in [0, 0.1) is 24.5 Å². The minimum Gasteiger partial charge on any atom is -0.494 e. The average Bonchev–Trinajstić information content (AvgIpc) is 3.85. The number of fused-ring (bicyclic) bond motifs is 1. The summed E-state index contributed by atoms with van der Waals surface area (Å²) in [5.74, 6) is -3.33. The first-order chi connectivity index (χ1) is 21.4. The summed E-state index contributed by atoms with van der Waals surface area (Å²) in [6, 6.07) is 8.52. The first kappa shape index (κ1) is 32.5. The van der Waals surface area contributed by atoms with Gasteiger partial charge in [0, 0.05) is 21.0 Å². The van der Waals surface area contributed by atoms with Crippen molar-refractivity contribution < 1.29 is 33.0 Å². The van der Waals surface area contributed by atoms with E-state index in [0.717, 1.165) is 22.3 Å². The molecule has 1 aliphatic rings. The second kappa shape index (κ2) is 12.9. The minimum absolute atomic E-state index is 0.0153. The van der Waals surface area contributed by atoms with Crippen LogP contribution in [-0.2, 0) is 16.8 Å². The Morgan fingerprint density at radius 3 is 2.58 bits per heavy atom. The topological polar surface area (TPSA) is 137 Å². The summed E-state index contributed by atoms with van der Waals surface area (Å²) < 4.78 is 42.5. The fourth-order valence-corrected chi connectivity index (χ4v) is 5.77. The molecule has 5 rings (SSSR count). The third-order valence-corrected chi connectivity index (χ3v) is 8.79. The van der Waals surface area contributed by atoms with E-state index in [1.165, 1.54) is 13.2 Å². The van der Waals surface area contributed by atoms with E-state index in [4.69, 9.17) is 26.8 Å². The summed E-state index contributed by atoms with van der Waals surface area (Å²) >= 11 is 9.46. The highest BCUT2D eigenvalue weighted by Gasteiger charge is 2.47. The van der Waals surface area contributed by atoms with Crippen molar-refractivity contribution in [1.82, 2.24) is 15.3 Å². The maximum absolute atomic E-state index is 15.3. The molecule has 0 aliphatic heterocycles. The van der Waals surface area contributed by atoms with Crippen LogP contribution in [0.5, 0.6) is 11.5 Å². The lowest BCUT2D eigenvalue weighted by Gasteiger charge is -2.30. The standard InChI is InChI=1S/C32H30BrClF2N4O5/c1-4-45-30-17(13-25(37)41)12-24(40-29(30)26-22(35)8-7-21(34)27(26)36)32(43,19-5-6-19)14-38-31(42)18-9-16-10-20(33)15(2)39-28(16)23(11-18)44-3/h7-12,19,43H,4-6,13-14H2,1-3H3,(H2,37,41)(H,38,42)/t32-/m1/s1. The zero-order valence-corrected chi connectivity index (χ0v) is 27.0. The van der Waals surface area contributed by atoms with Crippen LogP contribution in [0.3, 0.4) is 0 Å². The Morgan fingerprint density at radius 2 is 1.93 bits per heavy atom. The number of carbonyl (C=O) groups is 2. The van der Waals surface area contributed by atoms with Gasteiger partial charge in [0.25, 0.3) is 5.91 Å². The van der Waals surface area contributed by atoms with E-state index in [1.54, 1.807) is 19.1 Å². The van der Waals surface area contributed by atoms with E-state index in [-0.39, 0.29) is 58.8 Å². The second-order valence-electron chi connectivity index (χ2n) is 10.8. The van der Waals surface area contributed by atoms with Crippen LogP contribution >= 0.6 is 27.5 Å². The van der Waals surface area contributed by atoms with Gasteiger partial charge in [-0.05, 0) is 84.9 Å². The molecule has 2 amide bonds. The Kier molecular flexibility index (Phi) is 9.29. The summed E-state index contributed by atoms with van der Waals surface area (Å²) in [6.45, 7) is 3.27. The molecule has 236 valence electrons. The fraction of sp³-hybridized carbons (Fsp3) is 0.312. The number of carbonyl (C=O) groups excluding carboxylic acids is 2. The quantitative estimate of drug-likeness (QED) is 0.169. The number of pyridine rings is 2. The fourth-order valence-electron chi connectivity index (χ4n) is 5.28. The Bertz CT molecular complexity index is 1840. The summed E-state index contributed by atoms with van der Waals surface area (Å²) in [5.41, 5.74) is 4.60. The first-order valence-electron chi connectivity index (χ1n) is 14.1. The van der Waals surface area contributed by atoms with Crippen molar-refractivity contribution in [1.29, 1.82) is 0 Å². The van der Waals surface area contributed by atoms with Gasteiger partial charge < -0.3 is 25.6 Å². The highest BCUT2D eigenvalue weighted by molar-refractivity contribution is 9.10. The van der Waals surface area contributed by atoms with Crippen LogP contribution < -0.4 is 20.5 Å². The average molecular weight is 704 g/mol. The number of ether oxygens (including phenoxy) is 2. The number of nitrogens with two attached hydrogens (primary N) is 1. The summed E-state index contributed by atoms with van der Waals surface area (Å²) in [6.07, 6.45) is 0.837. The van der Waals surface area contributed by atoms with Crippen molar-refractivity contribution in [2.75, 3.05) is 20.3 Å². The van der Waals surface area contributed by atoms with Crippen LogP contribution in [0.4, 0.5) is 8.78 Å². The molecule has 1 fully saturated rings. The predicted octanol–water partition coefficient (Wildman–Crippen LogP) is 5.76. The van der Waals surface area contributed by atoms with Crippen LogP contribution in [-0.4, -0.2) is 47.2 Å². The van der Waals surface area contributed by atoms with E-state index in [2.05, 4.69) is 31.2 Å². The number of methoxy groups -OCH3 is 1. The Hall–Kier alpha value is -3.87. The largest absolute Gasteiger partial charge is 0.494 e. The highest BCUT2D eigenvalue weighted by Crippen LogP contribution is 2.47. The van der Waals surface area contributed by atoms with Crippen molar-refractivity contribution >= 4 is 50.2 Å². The monoisotopic (exact) mass is 702 g/mol. The van der Waals surface area contributed by atoms with Gasteiger partial charge in [-0.2, -0.15) is 0 Å². The van der Waals surface area contributed by atoms with Crippen LogP contribution in [0.15, 0.2) is 40.9 Å². The molecule has 4 N–H and O–H groups in total. The molecule has 1 aliphatic carbocycles. The molecule has 2 heterocycles. The SMILES string of the molecule is CCOc1c(CC(N)=O)cc([C@@](O)(CNC(=O)c2cc(OC)c3nc(C)c(Br)cc3c2)C2CC2)nc1-c1c(F)ccc(Cl)c1F. The van der Waals surface area contributed by atoms with E-state index in [1.807, 2.05) is 13.0 Å². The number of aryl methyl sites for hydroxylation is 1. The smallest absolute Gasteiger partial charge is 0.251 e. The number of hydrogen-bond donors (Lipinski definition) is 3. The number of aromatic nitrogens is 2. The van der Waals surface area contributed by atoms with Crippen molar-refractivity contribution in [3.05, 3.63) is 80.0 Å². The first-order valence-corrected chi connectivity index (χ1v) is 15.3. The van der Waals surface area contributed by atoms with Gasteiger partial charge in [0.1, 0.15) is 34.1 Å². The molecule has 1 atom stereocenters. The van der Waals surface area contributed by atoms with E-state index in [9.17, 15) is 14.7 Å². The maximum atomic E-state index is 15.3. The van der Waals surface area contributed by atoms with Gasteiger partial charge in [-0.15, -0.1) is 0 Å². The normalized spacial score (nSPS) is 14.2. The summed E-state index contributed by atoms with van der Waals surface area (Å²) in [5, 5.41) is 15.2. The molecule has 2 aromatic carbocycles. The van der Waals surface area contributed by atoms with E-state index < -0.39 is 34.6 Å². The van der Waals surface area contributed by atoms with Crippen LogP contribution in [0.1, 0.15) is 47.1 Å². The summed E-state index contributed by atoms with van der Waals surface area (Å²) in [7, 11) is 1.48. The van der Waals surface area contributed by atoms with Crippen molar-refractivity contribution in [3.63, 3.8) is 0 Å². The molecule has 0 radical (unpaired) electrons. The number of benzene rings is 2. The molecular weight excluding hydrogens is 674 g/mol. The third kappa shape index (κ3) is 6.45. The molecule has 9 nitrogen and oxygen atoms in total. The van der Waals surface area contributed by atoms with Gasteiger partial charge in [-0.25, -0.2) is 18.7 Å². The van der Waals surface area contributed by atoms with Gasteiger partial charge >= 0.3 is 0 Å². The van der Waals surface area contributed by atoms with Gasteiger partial charge in [0.05, 0.1) is 48.7 Å². The molecule has 0 bridgehead atoms. The summed E-state index contributed by atoms with van der Waals surface area (Å²) in [4.78, 5) is 34.6. The molecular formula is C32H30BrClF2N4O5. The molecule has 2 aromatic heterocycles. The molecule has 0 unspecified atom stereocenters. The van der Waals surface area contributed by atoms with Crippen molar-refractivity contribution in [2.24, 2.45) is 11.7 Å². The lowest BCUT2D eigenvalue weighted by Crippen LogP contribution is -2.43. The van der Waals surface area contributed by atoms with Gasteiger partial charge in [0.2, 0.25) is 5.91 Å². The van der Waals surface area contributed by atoms with Gasteiger partial charge in [0.15, 0.2) is 5.82 Å². The van der Waals surface area contributed by atoms with Crippen molar-refractivity contribution in [3.8, 4) is 22.8 Å². The highest BCUT2D eigenvalue weighted by atomic mass is 79.9. The number of hydrogen-bond acceptors (Lipinski definition) is 7. The third-order valence-electron chi connectivity index (χ3n) is 7.69. The Balaban J connectivity index is 1.58. The van der Waals surface area contributed by atoms with Crippen LogP contribution in [0.2, 0.25) is 5.02 Å². The number of amides is 2. The van der Waals surface area contributed by atoms with Crippen LogP contribution in [0.25, 0.3) is 22.2 Å². The zero-order valence-electron chi connectivity index (χ0n) is 24.6. The van der Waals surface area contributed by atoms with Gasteiger partial charge in [-0.3, -0.25) is 9.59 Å². The number of primary amides is 1. The molecule has 45 heavy (non-hydrogen) atoms. The van der Waals surface area contributed by atoms with E-state index in [0.29, 0.717) is 29.5 Å². The molecule has 13 heteroatoms. The van der Waals surface area contributed by atoms with Gasteiger partial charge in [-0.1, -0.05) is 11.6 Å². The number of rotatable bonds is 11. The molecule has 0 spiro atoms. The predicted molar refractivity (Wildman–Crippen MR) is 168 cm³/mol. The van der Waals surface area contributed by atoms with Crippen molar-refractivity contribution in [2.45, 2.75) is 38.7 Å². The lowest BCUT2D eigenvalue weighted by molar-refractivity contribution is -0.117. The second-order valence-corrected chi connectivity index (χ2v) is 12.1. The van der Waals surface area contributed by atoms with E-state index >= 15 is 8.78 Å². The molecule has 4 aromatic rings. The number of aliphatic hydroxyl groups is 1. The number of halogens is 4. The molecule has 1 saturated carbocycles. The zero-order chi connectivity index (χ0) is 32.6. The number of nitrogens with one attached hydrogen (secondary N) is 1. The lowest BCUT2D eigenvalue weighted by atomic mass is 9.90. The molecule has 0 saturated heterocycles. The maximum Gasteiger partial charge on any atom is 0.251 e. The Morgan fingerprint density at radius 1 is 1.20 bits per heavy atom. The number of nitrogens with zero attached hydrogens (tertiary/aromatic N) is 2.